The number of carbonyl (C=O) groups excluding carboxylic acids is 1. The van der Waals surface area contributed by atoms with Crippen LogP contribution in [0.2, 0.25) is 0 Å². The van der Waals surface area contributed by atoms with Gasteiger partial charge >= 0.3 is 12.2 Å². The van der Waals surface area contributed by atoms with Crippen molar-refractivity contribution in [2.45, 2.75) is 49.4 Å². The first kappa shape index (κ1) is 28.7. The van der Waals surface area contributed by atoms with Gasteiger partial charge in [0.2, 0.25) is 0 Å². The summed E-state index contributed by atoms with van der Waals surface area (Å²) in [6.45, 7) is 0.935. The minimum atomic E-state index is -4.59. The number of fused-ring (bicyclic) bond motifs is 1. The van der Waals surface area contributed by atoms with Gasteiger partial charge in [-0.3, -0.25) is 0 Å². The summed E-state index contributed by atoms with van der Waals surface area (Å²) in [4.78, 5) is 15.0. The molecule has 2 aromatic rings. The zero-order valence-corrected chi connectivity index (χ0v) is 22.1. The number of alkyl halides is 3. The number of likely N-dealkylation sites (N-methyl/N-ethyl adjacent to an activating group) is 1. The molecule has 2 N–H and O–H groups in total. The second-order valence-electron chi connectivity index (χ2n) is 9.45. The number of amides is 2. The smallest absolute Gasteiger partial charge is 0.420 e. The Labute approximate surface area is 221 Å². The number of methoxy groups -OCH3 is 3. The number of hydrogen-bond acceptors (Lipinski definition) is 5. The molecular formula is C26H33ClF3N3O4. The van der Waals surface area contributed by atoms with E-state index in [-0.39, 0.29) is 41.3 Å². The fraction of sp³-hybridized carbons (Fsp3) is 0.500. The molecule has 2 amide bonds. The molecule has 1 saturated heterocycles. The average Bonchev–Trinajstić information content (AvgIpc) is 3.19. The molecule has 11 heteroatoms. The van der Waals surface area contributed by atoms with Gasteiger partial charge < -0.3 is 29.7 Å². The number of halogens is 4. The van der Waals surface area contributed by atoms with Crippen LogP contribution in [-0.4, -0.2) is 57.9 Å². The summed E-state index contributed by atoms with van der Waals surface area (Å²) in [5, 5.41) is 5.51. The molecule has 0 spiro atoms. The van der Waals surface area contributed by atoms with Gasteiger partial charge in [-0.15, -0.1) is 12.4 Å². The molecular weight excluding hydrogens is 511 g/mol. The van der Waals surface area contributed by atoms with E-state index in [9.17, 15) is 18.0 Å². The summed E-state index contributed by atoms with van der Waals surface area (Å²) in [5.41, 5.74) is 0.234. The van der Waals surface area contributed by atoms with Gasteiger partial charge in [0.1, 0.15) is 5.75 Å². The Bertz CT molecular complexity index is 1120. The molecule has 1 saturated carbocycles. The van der Waals surface area contributed by atoms with E-state index >= 15 is 0 Å². The van der Waals surface area contributed by atoms with Crippen molar-refractivity contribution in [1.29, 1.82) is 0 Å². The first-order chi connectivity index (χ1) is 17.1. The fourth-order valence-electron chi connectivity index (χ4n) is 5.75. The number of likely N-dealkylation sites (tertiary alicyclic amines) is 1. The first-order valence-corrected chi connectivity index (χ1v) is 11.9. The molecule has 2 aliphatic rings. The van der Waals surface area contributed by atoms with Gasteiger partial charge in [-0.2, -0.15) is 13.2 Å². The van der Waals surface area contributed by atoms with Crippen molar-refractivity contribution >= 4 is 24.1 Å². The lowest BCUT2D eigenvalue weighted by Crippen LogP contribution is -2.52. The summed E-state index contributed by atoms with van der Waals surface area (Å²) < 4.78 is 55.7. The van der Waals surface area contributed by atoms with Crippen molar-refractivity contribution in [2.24, 2.45) is 0 Å². The zero-order valence-electron chi connectivity index (χ0n) is 21.3. The standard InChI is InChI=1S/C26H32F3N3O4.ClH/c1-32-12-11-25(16-5-7-21(35-3)22(13-16)36-4)10-9-18(15-23(25)32)31-24(33)30-17-6-8-20(34-2)19(14-17)26(27,28)29;/h5-8,13-14,18,23H,9-12,15H2,1-4H3,(H2,30,31,33);1H/t18-,23+,25+;/m1./s1. The number of nitrogens with zero attached hydrogens (tertiary/aromatic N) is 1. The minimum Gasteiger partial charge on any atom is -0.496 e. The molecule has 3 atom stereocenters. The minimum absolute atomic E-state index is 0. The summed E-state index contributed by atoms with van der Waals surface area (Å²) in [5.74, 6) is 1.08. The summed E-state index contributed by atoms with van der Waals surface area (Å²) in [7, 11) is 6.50. The zero-order chi connectivity index (χ0) is 26.1. The van der Waals surface area contributed by atoms with E-state index < -0.39 is 17.8 Å². The lowest BCUT2D eigenvalue weighted by molar-refractivity contribution is -0.138. The normalized spacial score (nSPS) is 23.4. The van der Waals surface area contributed by atoms with E-state index in [4.69, 9.17) is 14.2 Å². The van der Waals surface area contributed by atoms with Gasteiger partial charge in [0.25, 0.3) is 0 Å². The molecule has 0 bridgehead atoms. The number of carbonyl (C=O) groups is 1. The molecule has 1 aliphatic carbocycles. The topological polar surface area (TPSA) is 72.1 Å². The lowest BCUT2D eigenvalue weighted by atomic mass is 9.65. The summed E-state index contributed by atoms with van der Waals surface area (Å²) in [6, 6.07) is 9.11. The Balaban J connectivity index is 0.00000380. The number of hydrogen-bond donors (Lipinski definition) is 2. The molecule has 1 heterocycles. The molecule has 1 aliphatic heterocycles. The van der Waals surface area contributed by atoms with Crippen LogP contribution < -0.4 is 24.8 Å². The average molecular weight is 544 g/mol. The van der Waals surface area contributed by atoms with E-state index in [2.05, 4.69) is 28.6 Å². The predicted octanol–water partition coefficient (Wildman–Crippen LogP) is 5.47. The first-order valence-electron chi connectivity index (χ1n) is 11.9. The second kappa shape index (κ2) is 11.3. The van der Waals surface area contributed by atoms with E-state index in [1.807, 2.05) is 12.1 Å². The molecule has 0 unspecified atom stereocenters. The predicted molar refractivity (Wildman–Crippen MR) is 137 cm³/mol. The van der Waals surface area contributed by atoms with E-state index in [1.54, 1.807) is 14.2 Å². The Hall–Kier alpha value is -2.85. The van der Waals surface area contributed by atoms with Gasteiger partial charge in [-0.1, -0.05) is 6.07 Å². The van der Waals surface area contributed by atoms with Crippen LogP contribution in [0.1, 0.15) is 36.8 Å². The van der Waals surface area contributed by atoms with Crippen molar-refractivity contribution in [1.82, 2.24) is 10.2 Å². The molecule has 37 heavy (non-hydrogen) atoms. The van der Waals surface area contributed by atoms with Crippen LogP contribution >= 0.6 is 12.4 Å². The van der Waals surface area contributed by atoms with Gasteiger partial charge in [0.15, 0.2) is 11.5 Å². The van der Waals surface area contributed by atoms with Crippen molar-refractivity contribution < 1.29 is 32.2 Å². The van der Waals surface area contributed by atoms with E-state index in [1.165, 1.54) is 24.8 Å². The molecule has 2 fully saturated rings. The number of urea groups is 1. The van der Waals surface area contributed by atoms with Crippen LogP contribution in [0, 0.1) is 0 Å². The van der Waals surface area contributed by atoms with E-state index in [0.29, 0.717) is 11.5 Å². The highest BCUT2D eigenvalue weighted by Crippen LogP contribution is 2.50. The third-order valence-electron chi connectivity index (χ3n) is 7.58. The molecule has 204 valence electrons. The quantitative estimate of drug-likeness (QED) is 0.505. The third kappa shape index (κ3) is 5.70. The van der Waals surface area contributed by atoms with Crippen LogP contribution in [-0.2, 0) is 11.6 Å². The van der Waals surface area contributed by atoms with Crippen LogP contribution in [0.5, 0.6) is 17.2 Å². The maximum Gasteiger partial charge on any atom is 0.420 e. The highest BCUT2D eigenvalue weighted by molar-refractivity contribution is 5.89. The van der Waals surface area contributed by atoms with Crippen LogP contribution in [0.25, 0.3) is 0 Å². The van der Waals surface area contributed by atoms with Crippen LogP contribution in [0.15, 0.2) is 36.4 Å². The van der Waals surface area contributed by atoms with Gasteiger partial charge in [-0.25, -0.2) is 4.79 Å². The Kier molecular flexibility index (Phi) is 8.74. The highest BCUT2D eigenvalue weighted by atomic mass is 35.5. The summed E-state index contributed by atoms with van der Waals surface area (Å²) in [6.07, 6.45) is -1.25. The molecule has 2 aromatic carbocycles. The largest absolute Gasteiger partial charge is 0.496 e. The number of ether oxygens (including phenoxy) is 3. The lowest BCUT2D eigenvalue weighted by Gasteiger charge is -2.45. The molecule has 0 aromatic heterocycles. The number of benzene rings is 2. The number of anilines is 1. The van der Waals surface area contributed by atoms with Crippen molar-refractivity contribution in [2.75, 3.05) is 40.2 Å². The van der Waals surface area contributed by atoms with Crippen molar-refractivity contribution in [3.05, 3.63) is 47.5 Å². The monoisotopic (exact) mass is 543 g/mol. The number of rotatable bonds is 6. The Morgan fingerprint density at radius 1 is 1.00 bits per heavy atom. The number of nitrogens with one attached hydrogen (secondary N) is 2. The van der Waals surface area contributed by atoms with Gasteiger partial charge in [0.05, 0.1) is 26.9 Å². The van der Waals surface area contributed by atoms with Gasteiger partial charge in [-0.05, 0) is 75.2 Å². The van der Waals surface area contributed by atoms with Crippen LogP contribution in [0.4, 0.5) is 23.7 Å². The Morgan fingerprint density at radius 3 is 2.32 bits per heavy atom. The SMILES string of the molecule is COc1ccc([C@@]23CC[C@@H](NC(=O)Nc4ccc(OC)c(C(F)(F)F)c4)C[C@@H]2N(C)CC3)cc1OC.Cl. The molecule has 7 nitrogen and oxygen atoms in total. The maximum atomic E-state index is 13.3. The van der Waals surface area contributed by atoms with Crippen molar-refractivity contribution in [3.63, 3.8) is 0 Å². The Morgan fingerprint density at radius 2 is 1.68 bits per heavy atom. The fourth-order valence-corrected chi connectivity index (χ4v) is 5.75. The maximum absolute atomic E-state index is 13.3. The second-order valence-corrected chi connectivity index (χ2v) is 9.45. The molecule has 4 rings (SSSR count). The van der Waals surface area contributed by atoms with E-state index in [0.717, 1.165) is 38.3 Å². The summed E-state index contributed by atoms with van der Waals surface area (Å²) >= 11 is 0. The van der Waals surface area contributed by atoms with Gasteiger partial charge in [0, 0.05) is 23.2 Å². The molecule has 0 radical (unpaired) electrons. The van der Waals surface area contributed by atoms with Crippen LogP contribution in [0.3, 0.4) is 0 Å². The third-order valence-corrected chi connectivity index (χ3v) is 7.58. The van der Waals surface area contributed by atoms with Crippen molar-refractivity contribution in [3.8, 4) is 17.2 Å². The highest BCUT2D eigenvalue weighted by Gasteiger charge is 2.50.